The third-order valence-corrected chi connectivity index (χ3v) is 3.16. The van der Waals surface area contributed by atoms with Crippen LogP contribution in [0.15, 0.2) is 24.3 Å². The lowest BCUT2D eigenvalue weighted by atomic mass is 10.1. The number of aryl methyl sites for hydroxylation is 1. The molecule has 0 aromatic heterocycles. The van der Waals surface area contributed by atoms with E-state index in [2.05, 4.69) is 0 Å². The molecule has 0 saturated heterocycles. The van der Waals surface area contributed by atoms with Gasteiger partial charge in [-0.05, 0) is 19.4 Å². The first-order valence-electron chi connectivity index (χ1n) is 3.94. The van der Waals surface area contributed by atoms with Gasteiger partial charge in [-0.15, -0.1) is 0 Å². The lowest BCUT2D eigenvalue weighted by molar-refractivity contribution is 0.472. The quantitative estimate of drug-likeness (QED) is 0.742. The van der Waals surface area contributed by atoms with Gasteiger partial charge >= 0.3 is 0 Å². The highest BCUT2D eigenvalue weighted by Gasteiger charge is 2.18. The van der Waals surface area contributed by atoms with Crippen molar-refractivity contribution in [1.29, 1.82) is 0 Å². The summed E-state index contributed by atoms with van der Waals surface area (Å²) in [5.41, 5.74) is 1.67. The zero-order valence-corrected chi connectivity index (χ0v) is 8.38. The Kier molecular flexibility index (Phi) is 2.73. The van der Waals surface area contributed by atoms with Crippen LogP contribution in [0.2, 0.25) is 0 Å². The zero-order valence-electron chi connectivity index (χ0n) is 7.56. The van der Waals surface area contributed by atoms with Gasteiger partial charge in [-0.1, -0.05) is 29.8 Å². The van der Waals surface area contributed by atoms with Gasteiger partial charge in [0, 0.05) is 0 Å². The van der Waals surface area contributed by atoms with Gasteiger partial charge in [0.05, 0.1) is 0 Å². The van der Waals surface area contributed by atoms with Crippen molar-refractivity contribution in [1.82, 2.24) is 0 Å². The molecule has 1 rings (SSSR count). The predicted molar refractivity (Wildman–Crippen MR) is 51.1 cm³/mol. The monoisotopic (exact) mass is 200 g/mol. The van der Waals surface area contributed by atoms with Crippen molar-refractivity contribution >= 4 is 10.1 Å². The van der Waals surface area contributed by atoms with E-state index in [1.165, 1.54) is 6.92 Å². The second-order valence-electron chi connectivity index (χ2n) is 3.07. The molecule has 1 aromatic rings. The predicted octanol–water partition coefficient (Wildman–Crippen LogP) is 1.94. The molecule has 0 aliphatic carbocycles. The van der Waals surface area contributed by atoms with Crippen molar-refractivity contribution in [2.75, 3.05) is 0 Å². The Hall–Kier alpha value is -0.870. The molecule has 72 valence electrons. The van der Waals surface area contributed by atoms with E-state index in [1.807, 2.05) is 19.1 Å². The van der Waals surface area contributed by atoms with Crippen molar-refractivity contribution in [3.8, 4) is 0 Å². The van der Waals surface area contributed by atoms with Gasteiger partial charge in [0.25, 0.3) is 10.1 Å². The van der Waals surface area contributed by atoms with Crippen LogP contribution < -0.4 is 0 Å². The van der Waals surface area contributed by atoms with E-state index < -0.39 is 15.4 Å². The van der Waals surface area contributed by atoms with Crippen LogP contribution in [0.25, 0.3) is 0 Å². The van der Waals surface area contributed by atoms with Crippen LogP contribution in [-0.4, -0.2) is 13.0 Å². The van der Waals surface area contributed by atoms with Crippen molar-refractivity contribution in [3.63, 3.8) is 0 Å². The van der Waals surface area contributed by atoms with E-state index in [-0.39, 0.29) is 0 Å². The molecule has 0 aliphatic rings. The number of benzene rings is 1. The third kappa shape index (κ3) is 2.54. The van der Waals surface area contributed by atoms with Gasteiger partial charge < -0.3 is 0 Å². The molecule has 1 atom stereocenters. The highest BCUT2D eigenvalue weighted by molar-refractivity contribution is 7.86. The van der Waals surface area contributed by atoms with Crippen molar-refractivity contribution in [2.24, 2.45) is 0 Å². The summed E-state index contributed by atoms with van der Waals surface area (Å²) in [7, 11) is -3.97. The third-order valence-electron chi connectivity index (χ3n) is 1.99. The SMILES string of the molecule is Cc1ccc([C@H](C)S(=O)(=O)O)cc1. The normalized spacial score (nSPS) is 14.1. The maximum atomic E-state index is 10.8. The van der Waals surface area contributed by atoms with E-state index in [0.717, 1.165) is 5.56 Å². The first-order chi connectivity index (χ1) is 5.91. The smallest absolute Gasteiger partial charge is 0.271 e. The molecular formula is C9H12O3S. The Bertz CT molecular complexity index is 378. The fourth-order valence-corrected chi connectivity index (χ4v) is 1.51. The Balaban J connectivity index is 3.04. The van der Waals surface area contributed by atoms with Crippen LogP contribution in [0, 0.1) is 6.92 Å². The van der Waals surface area contributed by atoms with E-state index in [0.29, 0.717) is 5.56 Å². The van der Waals surface area contributed by atoms with Gasteiger partial charge in [-0.3, -0.25) is 4.55 Å². The van der Waals surface area contributed by atoms with Crippen molar-refractivity contribution in [2.45, 2.75) is 19.1 Å². The summed E-state index contributed by atoms with van der Waals surface area (Å²) in [5, 5.41) is -0.854. The standard InChI is InChI=1S/C9H12O3S/c1-7-3-5-9(6-4-7)8(2)13(10,11)12/h3-6,8H,1-2H3,(H,10,11,12)/t8-/m0/s1. The molecule has 0 amide bonds. The maximum Gasteiger partial charge on any atom is 0.271 e. The van der Waals surface area contributed by atoms with E-state index in [9.17, 15) is 8.42 Å². The highest BCUT2D eigenvalue weighted by atomic mass is 32.2. The van der Waals surface area contributed by atoms with Gasteiger partial charge in [0.15, 0.2) is 0 Å². The molecule has 0 heterocycles. The van der Waals surface area contributed by atoms with Crippen LogP contribution in [0.4, 0.5) is 0 Å². The molecule has 4 heteroatoms. The van der Waals surface area contributed by atoms with Crippen LogP contribution in [0.1, 0.15) is 23.3 Å². The second-order valence-corrected chi connectivity index (χ2v) is 4.80. The Morgan fingerprint density at radius 2 is 1.69 bits per heavy atom. The molecule has 0 saturated carbocycles. The van der Waals surface area contributed by atoms with Crippen molar-refractivity contribution in [3.05, 3.63) is 35.4 Å². The lowest BCUT2D eigenvalue weighted by Gasteiger charge is -2.07. The molecule has 0 aliphatic heterocycles. The molecule has 1 N–H and O–H groups in total. The molecule has 0 spiro atoms. The minimum atomic E-state index is -3.97. The summed E-state index contributed by atoms with van der Waals surface area (Å²) < 4.78 is 30.3. The van der Waals surface area contributed by atoms with Gasteiger partial charge in [-0.2, -0.15) is 8.42 Å². The molecule has 3 nitrogen and oxygen atoms in total. The van der Waals surface area contributed by atoms with Gasteiger partial charge in [-0.25, -0.2) is 0 Å². The average Bonchev–Trinajstić information content (AvgIpc) is 2.03. The lowest BCUT2D eigenvalue weighted by Crippen LogP contribution is -2.08. The summed E-state index contributed by atoms with van der Waals surface area (Å²) >= 11 is 0. The summed E-state index contributed by atoms with van der Waals surface area (Å²) in [6.45, 7) is 3.38. The first-order valence-corrected chi connectivity index (χ1v) is 5.44. The molecule has 0 bridgehead atoms. The first kappa shape index (κ1) is 10.2. The topological polar surface area (TPSA) is 54.4 Å². The molecule has 0 unspecified atom stereocenters. The Labute approximate surface area is 78.2 Å². The minimum absolute atomic E-state index is 0.605. The highest BCUT2D eigenvalue weighted by Crippen LogP contribution is 2.20. The summed E-state index contributed by atoms with van der Waals surface area (Å²) in [6.07, 6.45) is 0. The average molecular weight is 200 g/mol. The maximum absolute atomic E-state index is 10.8. The van der Waals surface area contributed by atoms with E-state index in [1.54, 1.807) is 12.1 Å². The molecule has 1 aromatic carbocycles. The van der Waals surface area contributed by atoms with Crippen molar-refractivity contribution < 1.29 is 13.0 Å². The fourth-order valence-electron chi connectivity index (χ4n) is 1.01. The summed E-state index contributed by atoms with van der Waals surface area (Å²) in [6, 6.07) is 7.04. The molecular weight excluding hydrogens is 188 g/mol. The minimum Gasteiger partial charge on any atom is -0.285 e. The second kappa shape index (κ2) is 3.47. The summed E-state index contributed by atoms with van der Waals surface area (Å²) in [5.74, 6) is 0. The van der Waals surface area contributed by atoms with E-state index >= 15 is 0 Å². The number of hydrogen-bond donors (Lipinski definition) is 1. The number of rotatable bonds is 2. The van der Waals surface area contributed by atoms with Crippen LogP contribution in [-0.2, 0) is 10.1 Å². The Morgan fingerprint density at radius 3 is 2.08 bits per heavy atom. The van der Waals surface area contributed by atoms with Gasteiger partial charge in [0.1, 0.15) is 5.25 Å². The zero-order chi connectivity index (χ0) is 10.1. The Morgan fingerprint density at radius 1 is 1.23 bits per heavy atom. The fraction of sp³-hybridized carbons (Fsp3) is 0.333. The largest absolute Gasteiger partial charge is 0.285 e. The van der Waals surface area contributed by atoms with Crippen LogP contribution in [0.3, 0.4) is 0 Å². The number of hydrogen-bond acceptors (Lipinski definition) is 2. The van der Waals surface area contributed by atoms with Gasteiger partial charge in [0.2, 0.25) is 0 Å². The van der Waals surface area contributed by atoms with E-state index in [4.69, 9.17) is 4.55 Å². The van der Waals surface area contributed by atoms with Crippen LogP contribution >= 0.6 is 0 Å². The molecule has 0 fully saturated rings. The van der Waals surface area contributed by atoms with Crippen LogP contribution in [0.5, 0.6) is 0 Å². The summed E-state index contributed by atoms with van der Waals surface area (Å²) in [4.78, 5) is 0. The molecule has 13 heavy (non-hydrogen) atoms. The molecule has 0 radical (unpaired) electrons.